The van der Waals surface area contributed by atoms with E-state index in [2.05, 4.69) is 5.32 Å². The van der Waals surface area contributed by atoms with Crippen molar-refractivity contribution in [1.82, 2.24) is 10.4 Å². The molecule has 30 heavy (non-hydrogen) atoms. The molecule has 0 aliphatic carbocycles. The summed E-state index contributed by atoms with van der Waals surface area (Å²) in [5.74, 6) is -3.32. The minimum Gasteiger partial charge on any atom is -0.460 e. The number of carbonyl (C=O) groups is 5. The first-order chi connectivity index (χ1) is 14.0. The van der Waals surface area contributed by atoms with Gasteiger partial charge in [0, 0.05) is 12.8 Å². The van der Waals surface area contributed by atoms with E-state index in [1.807, 2.05) is 0 Å². The Bertz CT molecular complexity index is 800. The largest absolute Gasteiger partial charge is 0.460 e. The van der Waals surface area contributed by atoms with Crippen LogP contribution >= 0.6 is 0 Å². The maximum atomic E-state index is 12.5. The van der Waals surface area contributed by atoms with Crippen molar-refractivity contribution < 1.29 is 38.3 Å². The van der Waals surface area contributed by atoms with Gasteiger partial charge in [0.15, 0.2) is 0 Å². The van der Waals surface area contributed by atoms with Crippen LogP contribution in [-0.4, -0.2) is 46.6 Å². The zero-order valence-electron chi connectivity index (χ0n) is 17.0. The Hall–Kier alpha value is -3.43. The van der Waals surface area contributed by atoms with Gasteiger partial charge >= 0.3 is 18.0 Å². The van der Waals surface area contributed by atoms with Crippen molar-refractivity contribution in [2.24, 2.45) is 0 Å². The molecule has 1 aromatic rings. The highest BCUT2D eigenvalue weighted by Crippen LogP contribution is 2.15. The number of esters is 1. The Morgan fingerprint density at radius 1 is 1.07 bits per heavy atom. The van der Waals surface area contributed by atoms with Crippen LogP contribution in [0.15, 0.2) is 30.3 Å². The zero-order valence-corrected chi connectivity index (χ0v) is 17.0. The highest BCUT2D eigenvalue weighted by Gasteiger charge is 2.36. The number of hydroxylamine groups is 2. The monoisotopic (exact) mass is 420 g/mol. The normalized spacial score (nSPS) is 14.8. The Kier molecular flexibility index (Phi) is 7.51. The van der Waals surface area contributed by atoms with Gasteiger partial charge in [-0.15, -0.1) is 5.06 Å². The lowest BCUT2D eigenvalue weighted by Gasteiger charge is -2.23. The van der Waals surface area contributed by atoms with Gasteiger partial charge in [0.25, 0.3) is 11.8 Å². The lowest BCUT2D eigenvalue weighted by molar-refractivity contribution is -0.199. The van der Waals surface area contributed by atoms with E-state index in [4.69, 9.17) is 14.3 Å². The summed E-state index contributed by atoms with van der Waals surface area (Å²) in [5.41, 5.74) is -0.104. The fourth-order valence-electron chi connectivity index (χ4n) is 2.46. The van der Waals surface area contributed by atoms with Gasteiger partial charge in [0.1, 0.15) is 18.2 Å². The summed E-state index contributed by atoms with van der Waals surface area (Å²) < 4.78 is 10.2. The van der Waals surface area contributed by atoms with Crippen LogP contribution in [0.4, 0.5) is 4.79 Å². The molecule has 3 amide bonds. The molecule has 10 heteroatoms. The molecule has 1 saturated heterocycles. The number of benzene rings is 1. The van der Waals surface area contributed by atoms with Crippen LogP contribution in [0.5, 0.6) is 0 Å². The van der Waals surface area contributed by atoms with Gasteiger partial charge in [-0.2, -0.15) is 0 Å². The van der Waals surface area contributed by atoms with Crippen LogP contribution in [0.25, 0.3) is 0 Å². The van der Waals surface area contributed by atoms with Gasteiger partial charge < -0.3 is 19.6 Å². The fraction of sp³-hybridized carbons (Fsp3) is 0.450. The summed E-state index contributed by atoms with van der Waals surface area (Å²) in [5, 5.41) is 2.56. The molecule has 0 bridgehead atoms. The third kappa shape index (κ3) is 7.19. The van der Waals surface area contributed by atoms with Crippen molar-refractivity contribution in [2.45, 2.75) is 58.3 Å². The maximum absolute atomic E-state index is 12.5. The van der Waals surface area contributed by atoms with Crippen LogP contribution in [0, 0.1) is 0 Å². The molecule has 2 rings (SSSR count). The second-order valence-corrected chi connectivity index (χ2v) is 7.54. The molecule has 1 unspecified atom stereocenters. The average molecular weight is 420 g/mol. The van der Waals surface area contributed by atoms with Crippen molar-refractivity contribution >= 4 is 29.8 Å². The summed E-state index contributed by atoms with van der Waals surface area (Å²) in [6.07, 6.45) is -1.74. The van der Waals surface area contributed by atoms with Gasteiger partial charge in [-0.05, 0) is 26.3 Å². The number of carbonyl (C=O) groups excluding carboxylic acids is 5. The van der Waals surface area contributed by atoms with Gasteiger partial charge in [-0.3, -0.25) is 14.4 Å². The number of hydrogen-bond donors (Lipinski definition) is 1. The van der Waals surface area contributed by atoms with E-state index < -0.39 is 47.9 Å². The first kappa shape index (κ1) is 22.9. The maximum Gasteiger partial charge on any atom is 0.408 e. The topological polar surface area (TPSA) is 128 Å². The third-order valence-electron chi connectivity index (χ3n) is 3.77. The van der Waals surface area contributed by atoms with Crippen molar-refractivity contribution in [3.63, 3.8) is 0 Å². The molecule has 1 aromatic carbocycles. The molecule has 1 heterocycles. The van der Waals surface area contributed by atoms with E-state index in [9.17, 15) is 24.0 Å². The first-order valence-electron chi connectivity index (χ1n) is 9.32. The number of imide groups is 1. The Labute approximate surface area is 173 Å². The van der Waals surface area contributed by atoms with E-state index in [0.29, 0.717) is 10.6 Å². The van der Waals surface area contributed by atoms with Crippen LogP contribution in [-0.2, 0) is 40.1 Å². The summed E-state index contributed by atoms with van der Waals surface area (Å²) in [6, 6.07) is 7.29. The van der Waals surface area contributed by atoms with Crippen LogP contribution in [0.2, 0.25) is 0 Å². The molecule has 1 aliphatic heterocycles. The summed E-state index contributed by atoms with van der Waals surface area (Å²) >= 11 is 0. The van der Waals surface area contributed by atoms with Crippen LogP contribution in [0.1, 0.15) is 45.6 Å². The van der Waals surface area contributed by atoms with Gasteiger partial charge in [0.2, 0.25) is 0 Å². The zero-order chi connectivity index (χ0) is 22.3. The number of rotatable bonds is 7. The first-order valence-corrected chi connectivity index (χ1v) is 9.32. The Balaban J connectivity index is 2.02. The predicted molar refractivity (Wildman–Crippen MR) is 101 cm³/mol. The number of hydrogen-bond acceptors (Lipinski definition) is 8. The number of nitrogens with one attached hydrogen (secondary N) is 1. The van der Waals surface area contributed by atoms with E-state index in [0.717, 1.165) is 0 Å². The number of ether oxygens (including phenoxy) is 2. The molecule has 0 aromatic heterocycles. The SMILES string of the molecule is CC(C)(C)OC(=O)CC(NC(=O)OCc1ccccc1)C(=O)ON1C(=O)CCC1=O. The molecule has 1 fully saturated rings. The standard InChI is InChI=1S/C20H24N2O8/c1-20(2,3)29-17(25)11-14(18(26)30-22-15(23)9-10-16(22)24)21-19(27)28-12-13-7-5-4-6-8-13/h4-8,14H,9-12H2,1-3H3,(H,21,27). The van der Waals surface area contributed by atoms with E-state index >= 15 is 0 Å². The Morgan fingerprint density at radius 3 is 2.23 bits per heavy atom. The summed E-state index contributed by atoms with van der Waals surface area (Å²) in [4.78, 5) is 64.8. The van der Waals surface area contributed by atoms with Crippen molar-refractivity contribution in [2.75, 3.05) is 0 Å². The highest BCUT2D eigenvalue weighted by atomic mass is 16.7. The van der Waals surface area contributed by atoms with Crippen LogP contribution in [0.3, 0.4) is 0 Å². The molecular weight excluding hydrogens is 396 g/mol. The van der Waals surface area contributed by atoms with Gasteiger partial charge in [-0.25, -0.2) is 9.59 Å². The smallest absolute Gasteiger partial charge is 0.408 e. The predicted octanol–water partition coefficient (Wildman–Crippen LogP) is 1.62. The van der Waals surface area contributed by atoms with Gasteiger partial charge in [0.05, 0.1) is 6.42 Å². The molecule has 1 atom stereocenters. The molecule has 162 valence electrons. The van der Waals surface area contributed by atoms with Crippen LogP contribution < -0.4 is 5.32 Å². The summed E-state index contributed by atoms with van der Waals surface area (Å²) in [6.45, 7) is 4.86. The minimum atomic E-state index is -1.52. The molecule has 0 saturated carbocycles. The molecule has 0 radical (unpaired) electrons. The molecule has 1 aliphatic rings. The molecular formula is C20H24N2O8. The molecule has 10 nitrogen and oxygen atoms in total. The van der Waals surface area contributed by atoms with Crippen molar-refractivity contribution in [1.29, 1.82) is 0 Å². The van der Waals surface area contributed by atoms with Crippen molar-refractivity contribution in [3.8, 4) is 0 Å². The van der Waals surface area contributed by atoms with E-state index in [1.54, 1.807) is 51.1 Å². The highest BCUT2D eigenvalue weighted by molar-refractivity contribution is 6.02. The van der Waals surface area contributed by atoms with Gasteiger partial charge in [-0.1, -0.05) is 30.3 Å². The quantitative estimate of drug-likeness (QED) is 0.521. The molecule has 1 N–H and O–H groups in total. The van der Waals surface area contributed by atoms with Crippen molar-refractivity contribution in [3.05, 3.63) is 35.9 Å². The fourth-order valence-corrected chi connectivity index (χ4v) is 2.46. The van der Waals surface area contributed by atoms with E-state index in [-0.39, 0.29) is 19.4 Å². The lowest BCUT2D eigenvalue weighted by atomic mass is 10.1. The number of amides is 3. The third-order valence-corrected chi connectivity index (χ3v) is 3.77. The summed E-state index contributed by atoms with van der Waals surface area (Å²) in [7, 11) is 0. The second-order valence-electron chi connectivity index (χ2n) is 7.54. The lowest BCUT2D eigenvalue weighted by Crippen LogP contribution is -2.47. The second kappa shape index (κ2) is 9.86. The Morgan fingerprint density at radius 2 is 1.67 bits per heavy atom. The molecule has 0 spiro atoms. The number of alkyl carbamates (subject to hydrolysis) is 1. The minimum absolute atomic E-state index is 0.0655. The number of nitrogens with zero attached hydrogens (tertiary/aromatic N) is 1. The van der Waals surface area contributed by atoms with E-state index in [1.165, 1.54) is 0 Å². The average Bonchev–Trinajstić information content (AvgIpc) is 2.97.